The maximum absolute atomic E-state index is 11.7. The molecule has 3 N–H and O–H groups in total. The largest absolute Gasteiger partial charge is 0.347 e. The van der Waals surface area contributed by atoms with Crippen molar-refractivity contribution < 1.29 is 0 Å². The standard InChI is InChI=1S/C11H13ClN4O/c1-7-2-3-8(6-9(7)12)16-10(4-5-13)14-15-11(16)17/h2-3,6H,4-5,13H2,1H3,(H,15,17). The summed E-state index contributed by atoms with van der Waals surface area (Å²) in [6, 6.07) is 5.44. The molecular formula is C11H13ClN4O. The van der Waals surface area contributed by atoms with Gasteiger partial charge in [0.1, 0.15) is 5.82 Å². The van der Waals surface area contributed by atoms with E-state index in [2.05, 4.69) is 10.2 Å². The van der Waals surface area contributed by atoms with E-state index in [0.717, 1.165) is 5.56 Å². The van der Waals surface area contributed by atoms with E-state index in [1.54, 1.807) is 6.07 Å². The number of rotatable bonds is 3. The lowest BCUT2D eigenvalue weighted by molar-refractivity contribution is 0.824. The zero-order valence-electron chi connectivity index (χ0n) is 9.40. The molecule has 0 aliphatic carbocycles. The molecule has 17 heavy (non-hydrogen) atoms. The molecule has 0 radical (unpaired) electrons. The van der Waals surface area contributed by atoms with Crippen LogP contribution >= 0.6 is 11.6 Å². The Balaban J connectivity index is 2.55. The van der Waals surface area contributed by atoms with Crippen molar-refractivity contribution in [3.05, 3.63) is 45.1 Å². The van der Waals surface area contributed by atoms with Gasteiger partial charge < -0.3 is 5.73 Å². The van der Waals surface area contributed by atoms with Gasteiger partial charge in [0.25, 0.3) is 0 Å². The fourth-order valence-electron chi connectivity index (χ4n) is 1.61. The van der Waals surface area contributed by atoms with Gasteiger partial charge in [-0.15, -0.1) is 0 Å². The van der Waals surface area contributed by atoms with Gasteiger partial charge in [0, 0.05) is 11.4 Å². The molecule has 0 atom stereocenters. The highest BCUT2D eigenvalue weighted by Gasteiger charge is 2.10. The molecule has 5 nitrogen and oxygen atoms in total. The summed E-state index contributed by atoms with van der Waals surface area (Å²) in [4.78, 5) is 11.7. The van der Waals surface area contributed by atoms with E-state index < -0.39 is 0 Å². The number of nitrogens with zero attached hydrogens (tertiary/aromatic N) is 2. The van der Waals surface area contributed by atoms with Crippen molar-refractivity contribution in [1.82, 2.24) is 14.8 Å². The summed E-state index contributed by atoms with van der Waals surface area (Å²) in [6.07, 6.45) is 0.532. The zero-order chi connectivity index (χ0) is 12.4. The van der Waals surface area contributed by atoms with E-state index in [1.807, 2.05) is 19.1 Å². The number of nitrogens with two attached hydrogens (primary N) is 1. The average Bonchev–Trinajstić information content (AvgIpc) is 2.65. The van der Waals surface area contributed by atoms with Gasteiger partial charge in [0.05, 0.1) is 5.69 Å². The molecule has 2 rings (SSSR count). The van der Waals surface area contributed by atoms with Gasteiger partial charge in [-0.3, -0.25) is 0 Å². The molecule has 0 aliphatic heterocycles. The Morgan fingerprint density at radius 2 is 2.29 bits per heavy atom. The third kappa shape index (κ3) is 2.25. The first kappa shape index (κ1) is 11.9. The van der Waals surface area contributed by atoms with E-state index in [4.69, 9.17) is 17.3 Å². The maximum Gasteiger partial charge on any atom is 0.347 e. The van der Waals surface area contributed by atoms with Crippen LogP contribution < -0.4 is 11.4 Å². The van der Waals surface area contributed by atoms with Crippen LogP contribution in [0.25, 0.3) is 5.69 Å². The summed E-state index contributed by atoms with van der Waals surface area (Å²) in [6.45, 7) is 2.34. The lowest BCUT2D eigenvalue weighted by atomic mass is 10.2. The molecule has 0 saturated heterocycles. The highest BCUT2D eigenvalue weighted by atomic mass is 35.5. The van der Waals surface area contributed by atoms with Gasteiger partial charge in [-0.25, -0.2) is 14.5 Å². The zero-order valence-corrected chi connectivity index (χ0v) is 10.2. The Labute approximate surface area is 103 Å². The summed E-state index contributed by atoms with van der Waals surface area (Å²) < 4.78 is 1.48. The molecule has 0 unspecified atom stereocenters. The highest BCUT2D eigenvalue weighted by Crippen LogP contribution is 2.19. The van der Waals surface area contributed by atoms with Gasteiger partial charge in [0.2, 0.25) is 0 Å². The van der Waals surface area contributed by atoms with E-state index in [0.29, 0.717) is 29.5 Å². The number of nitrogens with one attached hydrogen (secondary N) is 1. The van der Waals surface area contributed by atoms with Crippen LogP contribution in [0.5, 0.6) is 0 Å². The predicted octanol–water partition coefficient (Wildman–Crippen LogP) is 1.02. The van der Waals surface area contributed by atoms with E-state index in [-0.39, 0.29) is 5.69 Å². The van der Waals surface area contributed by atoms with E-state index >= 15 is 0 Å². The Morgan fingerprint density at radius 3 is 2.94 bits per heavy atom. The molecule has 1 aromatic carbocycles. The number of H-pyrrole nitrogens is 1. The van der Waals surface area contributed by atoms with Crippen molar-refractivity contribution in [3.63, 3.8) is 0 Å². The van der Waals surface area contributed by atoms with Crippen molar-refractivity contribution in [2.24, 2.45) is 5.73 Å². The summed E-state index contributed by atoms with van der Waals surface area (Å²) in [5.41, 5.74) is 6.85. The fourth-order valence-corrected chi connectivity index (χ4v) is 1.79. The number of aromatic nitrogens is 3. The van der Waals surface area contributed by atoms with Gasteiger partial charge in [-0.2, -0.15) is 5.10 Å². The van der Waals surface area contributed by atoms with Gasteiger partial charge >= 0.3 is 5.69 Å². The molecule has 1 heterocycles. The number of aromatic amines is 1. The van der Waals surface area contributed by atoms with Crippen molar-refractivity contribution in [1.29, 1.82) is 0 Å². The van der Waals surface area contributed by atoms with Crippen LogP contribution in [0.3, 0.4) is 0 Å². The average molecular weight is 253 g/mol. The molecule has 0 bridgehead atoms. The molecule has 6 heteroatoms. The summed E-state index contributed by atoms with van der Waals surface area (Å²) in [7, 11) is 0. The van der Waals surface area contributed by atoms with Crippen LogP contribution in [0.15, 0.2) is 23.0 Å². The Kier molecular flexibility index (Phi) is 3.31. The van der Waals surface area contributed by atoms with Crippen LogP contribution in [0, 0.1) is 6.92 Å². The number of halogens is 1. The number of aryl methyl sites for hydroxylation is 1. The lowest BCUT2D eigenvalue weighted by Gasteiger charge is -2.06. The third-order valence-electron chi connectivity index (χ3n) is 2.52. The molecule has 0 spiro atoms. The second-order valence-corrected chi connectivity index (χ2v) is 4.16. The lowest BCUT2D eigenvalue weighted by Crippen LogP contribution is -2.18. The van der Waals surface area contributed by atoms with E-state index in [9.17, 15) is 4.79 Å². The topological polar surface area (TPSA) is 76.7 Å². The minimum Gasteiger partial charge on any atom is -0.330 e. The molecule has 0 saturated carbocycles. The van der Waals surface area contributed by atoms with Gasteiger partial charge in [-0.1, -0.05) is 17.7 Å². The van der Waals surface area contributed by atoms with Crippen LogP contribution in [0.2, 0.25) is 5.02 Å². The van der Waals surface area contributed by atoms with Gasteiger partial charge in [-0.05, 0) is 31.2 Å². The molecule has 1 aromatic heterocycles. The first-order valence-corrected chi connectivity index (χ1v) is 5.64. The monoisotopic (exact) mass is 252 g/mol. The molecular weight excluding hydrogens is 240 g/mol. The summed E-state index contributed by atoms with van der Waals surface area (Å²) >= 11 is 6.04. The van der Waals surface area contributed by atoms with Gasteiger partial charge in [0.15, 0.2) is 0 Å². The second-order valence-electron chi connectivity index (χ2n) is 3.75. The molecule has 0 fully saturated rings. The SMILES string of the molecule is Cc1ccc(-n2c(CCN)n[nH]c2=O)cc1Cl. The predicted molar refractivity (Wildman–Crippen MR) is 66.7 cm³/mol. The van der Waals surface area contributed by atoms with Crippen molar-refractivity contribution in [2.75, 3.05) is 6.54 Å². The number of benzene rings is 1. The Hall–Kier alpha value is -1.59. The smallest absolute Gasteiger partial charge is 0.330 e. The third-order valence-corrected chi connectivity index (χ3v) is 2.93. The fraction of sp³-hybridized carbons (Fsp3) is 0.273. The first-order valence-electron chi connectivity index (χ1n) is 5.26. The Bertz CT molecular complexity index is 587. The quantitative estimate of drug-likeness (QED) is 0.856. The van der Waals surface area contributed by atoms with Crippen molar-refractivity contribution in [3.8, 4) is 5.69 Å². The Morgan fingerprint density at radius 1 is 1.53 bits per heavy atom. The molecule has 2 aromatic rings. The normalized spacial score (nSPS) is 10.8. The highest BCUT2D eigenvalue weighted by molar-refractivity contribution is 6.31. The number of hydrogen-bond acceptors (Lipinski definition) is 3. The summed E-state index contributed by atoms with van der Waals surface area (Å²) in [5.74, 6) is 0.609. The summed E-state index contributed by atoms with van der Waals surface area (Å²) in [5, 5.41) is 6.97. The van der Waals surface area contributed by atoms with E-state index in [1.165, 1.54) is 4.57 Å². The molecule has 0 amide bonds. The molecule has 90 valence electrons. The second kappa shape index (κ2) is 4.73. The van der Waals surface area contributed by atoms with Crippen LogP contribution in [0.1, 0.15) is 11.4 Å². The van der Waals surface area contributed by atoms with Crippen molar-refractivity contribution in [2.45, 2.75) is 13.3 Å². The van der Waals surface area contributed by atoms with Crippen LogP contribution in [0.4, 0.5) is 0 Å². The van der Waals surface area contributed by atoms with Crippen LogP contribution in [-0.2, 0) is 6.42 Å². The number of hydrogen-bond donors (Lipinski definition) is 2. The minimum absolute atomic E-state index is 0.284. The maximum atomic E-state index is 11.7. The van der Waals surface area contributed by atoms with Crippen molar-refractivity contribution >= 4 is 11.6 Å². The minimum atomic E-state index is -0.284. The van der Waals surface area contributed by atoms with Crippen LogP contribution in [-0.4, -0.2) is 21.3 Å². The first-order chi connectivity index (χ1) is 8.13. The molecule has 0 aliphatic rings.